The molecule has 3 aromatic rings. The van der Waals surface area contributed by atoms with E-state index in [0.29, 0.717) is 34.5 Å². The first-order chi connectivity index (χ1) is 26.6. The standard InChI is InChI=1S/C43H53N5O7/c1-4-30-27-42(30,40(51)52)46-39(50)43(55-36-26-34(28-15-8-5-9-16-28)44-35-25-32(54-3)21-22-33(35)36)23-14-24-48(43)41(53)45-37(29-17-10-6-11-18-29)38(49)47(2)31-19-12-7-13-20-31/h4-5,8-9,15-16,21-22,25-26,29-31,37H,1,6-7,10-14,17-20,23-24,27H2,2-3H3,(H,45,53)(H,46,50)(H,51,52)/t30-,37+,42-,43+/m1/s1. The number of likely N-dealkylation sites (tertiary alicyclic amines) is 1. The molecule has 0 unspecified atom stereocenters. The molecule has 2 aromatic carbocycles. The Morgan fingerprint density at radius 1 is 0.982 bits per heavy atom. The van der Waals surface area contributed by atoms with Crippen LogP contribution < -0.4 is 20.1 Å². The van der Waals surface area contributed by atoms with Gasteiger partial charge < -0.3 is 30.1 Å². The molecule has 1 aliphatic heterocycles. The SMILES string of the molecule is C=C[C@@H]1C[C@]1(NC(=O)[C@@]1(Oc2cc(-c3ccccc3)nc3cc(OC)ccc23)CCCN1C(=O)N[C@H](C(=O)N(C)C1CCCCC1)C1CCCCC1)C(=O)O. The van der Waals surface area contributed by atoms with Gasteiger partial charge in [-0.1, -0.05) is 74.9 Å². The quantitative estimate of drug-likeness (QED) is 0.174. The molecule has 55 heavy (non-hydrogen) atoms. The third-order valence-corrected chi connectivity index (χ3v) is 12.4. The summed E-state index contributed by atoms with van der Waals surface area (Å²) in [5.74, 6) is -1.71. The Morgan fingerprint density at radius 3 is 2.35 bits per heavy atom. The van der Waals surface area contributed by atoms with E-state index in [1.54, 1.807) is 31.4 Å². The smallest absolute Gasteiger partial charge is 0.330 e. The molecule has 3 aliphatic carbocycles. The fourth-order valence-electron chi connectivity index (χ4n) is 9.02. The fraction of sp³-hybridized carbons (Fsp3) is 0.512. The lowest BCUT2D eigenvalue weighted by Crippen LogP contribution is -2.67. The van der Waals surface area contributed by atoms with Crippen LogP contribution in [0.5, 0.6) is 11.5 Å². The van der Waals surface area contributed by atoms with Crippen molar-refractivity contribution in [3.05, 3.63) is 67.3 Å². The van der Waals surface area contributed by atoms with Crippen LogP contribution in [0.3, 0.4) is 0 Å². The number of carbonyl (C=O) groups is 4. The molecule has 4 aliphatic rings. The monoisotopic (exact) mass is 751 g/mol. The van der Waals surface area contributed by atoms with Gasteiger partial charge >= 0.3 is 12.0 Å². The lowest BCUT2D eigenvalue weighted by molar-refractivity contribution is -0.153. The number of fused-ring (bicyclic) bond motifs is 1. The van der Waals surface area contributed by atoms with Gasteiger partial charge in [0.25, 0.3) is 11.6 Å². The van der Waals surface area contributed by atoms with Crippen LogP contribution in [0.25, 0.3) is 22.2 Å². The summed E-state index contributed by atoms with van der Waals surface area (Å²) in [6.45, 7) is 3.94. The van der Waals surface area contributed by atoms with Crippen LogP contribution in [0.15, 0.2) is 67.3 Å². The third kappa shape index (κ3) is 7.47. The Hall–Kier alpha value is -5.13. The number of benzene rings is 2. The zero-order chi connectivity index (χ0) is 38.7. The summed E-state index contributed by atoms with van der Waals surface area (Å²) in [5, 5.41) is 16.8. The molecule has 4 atom stereocenters. The number of carbonyl (C=O) groups excluding carboxylic acids is 3. The Labute approximate surface area is 322 Å². The summed E-state index contributed by atoms with van der Waals surface area (Å²) in [7, 11) is 3.42. The second-order valence-electron chi connectivity index (χ2n) is 15.7. The number of hydrogen-bond acceptors (Lipinski definition) is 7. The van der Waals surface area contributed by atoms with Crippen LogP contribution in [0.4, 0.5) is 4.79 Å². The largest absolute Gasteiger partial charge is 0.497 e. The molecule has 12 heteroatoms. The van der Waals surface area contributed by atoms with Crippen LogP contribution in [-0.4, -0.2) is 87.8 Å². The Bertz CT molecular complexity index is 1930. The van der Waals surface area contributed by atoms with E-state index in [1.165, 1.54) is 11.0 Å². The molecule has 1 aromatic heterocycles. The highest BCUT2D eigenvalue weighted by atomic mass is 16.5. The van der Waals surface area contributed by atoms with Gasteiger partial charge in [0.2, 0.25) is 5.91 Å². The first-order valence-corrected chi connectivity index (χ1v) is 19.9. The maximum atomic E-state index is 14.9. The molecular formula is C43H53N5O7. The Kier molecular flexibility index (Phi) is 11.0. The highest BCUT2D eigenvalue weighted by molar-refractivity contribution is 5.98. The summed E-state index contributed by atoms with van der Waals surface area (Å²) >= 11 is 0. The molecule has 3 saturated carbocycles. The molecule has 1 saturated heterocycles. The van der Waals surface area contributed by atoms with Crippen molar-refractivity contribution >= 4 is 34.7 Å². The number of amides is 4. The number of pyridine rings is 1. The molecule has 0 bridgehead atoms. The zero-order valence-electron chi connectivity index (χ0n) is 31.9. The van der Waals surface area contributed by atoms with E-state index in [4.69, 9.17) is 14.5 Å². The zero-order valence-corrected chi connectivity index (χ0v) is 31.9. The highest BCUT2D eigenvalue weighted by Gasteiger charge is 2.64. The maximum Gasteiger partial charge on any atom is 0.330 e. The first-order valence-electron chi connectivity index (χ1n) is 19.9. The van der Waals surface area contributed by atoms with E-state index in [9.17, 15) is 24.3 Å². The minimum atomic E-state index is -1.96. The number of nitrogens with zero attached hydrogens (tertiary/aromatic N) is 3. The summed E-state index contributed by atoms with van der Waals surface area (Å²) in [6, 6.07) is 15.4. The maximum absolute atomic E-state index is 14.9. The van der Waals surface area contributed by atoms with Gasteiger partial charge in [0, 0.05) is 55.1 Å². The number of nitrogens with one attached hydrogen (secondary N) is 2. The van der Waals surface area contributed by atoms with Crippen molar-refractivity contribution in [2.45, 2.75) is 107 Å². The number of likely N-dealkylation sites (N-methyl/N-ethyl adjacent to an activating group) is 1. The van der Waals surface area contributed by atoms with Crippen molar-refractivity contribution in [3.8, 4) is 22.8 Å². The van der Waals surface area contributed by atoms with Crippen molar-refractivity contribution in [2.24, 2.45) is 11.8 Å². The topological polar surface area (TPSA) is 150 Å². The number of aromatic nitrogens is 1. The molecule has 292 valence electrons. The number of ether oxygens (including phenoxy) is 2. The van der Waals surface area contributed by atoms with Gasteiger partial charge in [0.15, 0.2) is 0 Å². The molecule has 0 radical (unpaired) electrons. The molecule has 0 spiro atoms. The van der Waals surface area contributed by atoms with Crippen molar-refractivity contribution in [1.29, 1.82) is 0 Å². The Balaban J connectivity index is 1.29. The number of carboxylic acids is 1. The van der Waals surface area contributed by atoms with Gasteiger partial charge in [-0.15, -0.1) is 6.58 Å². The van der Waals surface area contributed by atoms with Gasteiger partial charge in [-0.25, -0.2) is 14.6 Å². The second kappa shape index (κ2) is 15.9. The van der Waals surface area contributed by atoms with Crippen LogP contribution in [0.1, 0.15) is 83.5 Å². The molecule has 12 nitrogen and oxygen atoms in total. The lowest BCUT2D eigenvalue weighted by atomic mass is 9.83. The summed E-state index contributed by atoms with van der Waals surface area (Å²) < 4.78 is 12.4. The average Bonchev–Trinajstić information content (AvgIpc) is 3.78. The third-order valence-electron chi connectivity index (χ3n) is 12.4. The highest BCUT2D eigenvalue weighted by Crippen LogP contribution is 2.46. The van der Waals surface area contributed by atoms with Crippen LogP contribution in [0.2, 0.25) is 0 Å². The molecule has 7 rings (SSSR count). The van der Waals surface area contributed by atoms with E-state index in [2.05, 4.69) is 17.2 Å². The van der Waals surface area contributed by atoms with E-state index < -0.39 is 41.1 Å². The lowest BCUT2D eigenvalue weighted by Gasteiger charge is -2.41. The van der Waals surface area contributed by atoms with Gasteiger partial charge in [-0.2, -0.15) is 0 Å². The van der Waals surface area contributed by atoms with Gasteiger partial charge in [-0.05, 0) is 56.6 Å². The number of rotatable bonds is 12. The normalized spacial score (nSPS) is 24.8. The minimum Gasteiger partial charge on any atom is -0.497 e. The number of methoxy groups -OCH3 is 1. The van der Waals surface area contributed by atoms with Gasteiger partial charge in [0.1, 0.15) is 23.1 Å². The predicted octanol–water partition coefficient (Wildman–Crippen LogP) is 6.68. The first kappa shape index (κ1) is 38.2. The average molecular weight is 752 g/mol. The summed E-state index contributed by atoms with van der Waals surface area (Å²) in [5.41, 5.74) is -1.61. The van der Waals surface area contributed by atoms with Gasteiger partial charge in [-0.3, -0.25) is 14.5 Å². The van der Waals surface area contributed by atoms with E-state index in [1.807, 2.05) is 42.3 Å². The van der Waals surface area contributed by atoms with E-state index in [-0.39, 0.29) is 37.3 Å². The summed E-state index contributed by atoms with van der Waals surface area (Å²) in [4.78, 5) is 64.8. The predicted molar refractivity (Wildman–Crippen MR) is 208 cm³/mol. The fourth-order valence-corrected chi connectivity index (χ4v) is 9.02. The number of urea groups is 1. The molecule has 3 N–H and O–H groups in total. The van der Waals surface area contributed by atoms with Crippen molar-refractivity contribution in [2.75, 3.05) is 20.7 Å². The number of carboxylic acid groups (broad SMARTS) is 1. The Morgan fingerprint density at radius 2 is 1.69 bits per heavy atom. The van der Waals surface area contributed by atoms with Crippen molar-refractivity contribution < 1.29 is 33.8 Å². The molecule has 2 heterocycles. The van der Waals surface area contributed by atoms with Crippen LogP contribution >= 0.6 is 0 Å². The number of hydrogen-bond donors (Lipinski definition) is 3. The van der Waals surface area contributed by atoms with Crippen LogP contribution in [0, 0.1) is 11.8 Å². The van der Waals surface area contributed by atoms with E-state index in [0.717, 1.165) is 69.8 Å². The van der Waals surface area contributed by atoms with Crippen molar-refractivity contribution in [3.63, 3.8) is 0 Å². The molecular weight excluding hydrogens is 699 g/mol. The minimum absolute atomic E-state index is 0.0503. The van der Waals surface area contributed by atoms with Crippen molar-refractivity contribution in [1.82, 2.24) is 25.4 Å². The summed E-state index contributed by atoms with van der Waals surface area (Å²) in [6.07, 6.45) is 12.0. The molecule has 4 fully saturated rings. The van der Waals surface area contributed by atoms with Crippen LogP contribution in [-0.2, 0) is 14.4 Å². The van der Waals surface area contributed by atoms with E-state index >= 15 is 0 Å². The molecule has 4 amide bonds. The number of aliphatic carboxylic acids is 1. The van der Waals surface area contributed by atoms with Gasteiger partial charge in [0.05, 0.1) is 18.3 Å². The second-order valence-corrected chi connectivity index (χ2v) is 15.7.